The van der Waals surface area contributed by atoms with Gasteiger partial charge < -0.3 is 9.47 Å². The molecule has 1 atom stereocenters. The molecule has 3 heterocycles. The fourth-order valence-corrected chi connectivity index (χ4v) is 5.17. The number of carbonyl (C=O) groups is 1. The SMILES string of the molecule is COc1ccc([C@@H]2CC(=O)N(Cc3cccc(C)c3)c3c2c(C)nn3-c2nc(C)cc(C)n2)c(OC)c1. The average Bonchev–Trinajstić information content (AvgIpc) is 3.22. The first-order chi connectivity index (χ1) is 17.8. The monoisotopic (exact) mass is 497 g/mol. The van der Waals surface area contributed by atoms with Gasteiger partial charge in [0.1, 0.15) is 17.3 Å². The van der Waals surface area contributed by atoms with Gasteiger partial charge in [0.25, 0.3) is 5.95 Å². The van der Waals surface area contributed by atoms with Gasteiger partial charge >= 0.3 is 0 Å². The zero-order valence-corrected chi connectivity index (χ0v) is 22.1. The smallest absolute Gasteiger partial charge is 0.252 e. The van der Waals surface area contributed by atoms with Crippen molar-refractivity contribution in [2.24, 2.45) is 0 Å². The molecule has 0 saturated carbocycles. The Labute approximate surface area is 216 Å². The fraction of sp³-hybridized carbons (Fsp3) is 0.310. The van der Waals surface area contributed by atoms with Crippen molar-refractivity contribution in [3.63, 3.8) is 0 Å². The molecule has 1 aliphatic rings. The van der Waals surface area contributed by atoms with E-state index in [1.807, 2.05) is 62.1 Å². The maximum Gasteiger partial charge on any atom is 0.252 e. The van der Waals surface area contributed by atoms with Gasteiger partial charge in [-0.15, -0.1) is 0 Å². The second kappa shape index (κ2) is 9.69. The molecule has 2 aromatic carbocycles. The number of anilines is 1. The van der Waals surface area contributed by atoms with Crippen molar-refractivity contribution in [3.8, 4) is 17.4 Å². The lowest BCUT2D eigenvalue weighted by Gasteiger charge is -2.33. The highest BCUT2D eigenvalue weighted by atomic mass is 16.5. The molecule has 0 fully saturated rings. The molecular formula is C29H31N5O3. The van der Waals surface area contributed by atoms with Crippen LogP contribution in [0.1, 0.15) is 51.7 Å². The molecule has 5 rings (SSSR count). The summed E-state index contributed by atoms with van der Waals surface area (Å²) >= 11 is 0. The molecule has 0 spiro atoms. The minimum atomic E-state index is -0.239. The zero-order chi connectivity index (χ0) is 26.3. The van der Waals surface area contributed by atoms with Crippen molar-refractivity contribution in [1.29, 1.82) is 0 Å². The summed E-state index contributed by atoms with van der Waals surface area (Å²) in [5, 5.41) is 4.89. The Hall–Kier alpha value is -4.20. The van der Waals surface area contributed by atoms with E-state index in [1.54, 1.807) is 18.9 Å². The molecule has 1 aliphatic heterocycles. The number of methoxy groups -OCH3 is 2. The number of hydrogen-bond donors (Lipinski definition) is 0. The van der Waals surface area contributed by atoms with E-state index >= 15 is 0 Å². The van der Waals surface area contributed by atoms with Crippen LogP contribution in [0.5, 0.6) is 11.5 Å². The van der Waals surface area contributed by atoms with E-state index in [1.165, 1.54) is 0 Å². The third-order valence-corrected chi connectivity index (χ3v) is 6.76. The number of carbonyl (C=O) groups excluding carboxylic acids is 1. The van der Waals surface area contributed by atoms with Crippen LogP contribution in [0, 0.1) is 27.7 Å². The predicted octanol–water partition coefficient (Wildman–Crippen LogP) is 4.98. The Morgan fingerprint density at radius 2 is 1.70 bits per heavy atom. The first-order valence-corrected chi connectivity index (χ1v) is 12.3. The van der Waals surface area contributed by atoms with Crippen molar-refractivity contribution >= 4 is 11.7 Å². The van der Waals surface area contributed by atoms with E-state index in [9.17, 15) is 4.79 Å². The van der Waals surface area contributed by atoms with E-state index in [0.717, 1.165) is 39.3 Å². The average molecular weight is 498 g/mol. The number of amides is 1. The predicted molar refractivity (Wildman–Crippen MR) is 142 cm³/mol. The van der Waals surface area contributed by atoms with E-state index in [4.69, 9.17) is 14.6 Å². The maximum absolute atomic E-state index is 13.9. The van der Waals surface area contributed by atoms with Gasteiger partial charge in [-0.2, -0.15) is 9.78 Å². The van der Waals surface area contributed by atoms with Gasteiger partial charge in [-0.05, 0) is 45.4 Å². The van der Waals surface area contributed by atoms with Crippen LogP contribution in [0.3, 0.4) is 0 Å². The number of aryl methyl sites for hydroxylation is 4. The van der Waals surface area contributed by atoms with Crippen molar-refractivity contribution in [2.75, 3.05) is 19.1 Å². The number of rotatable bonds is 6. The summed E-state index contributed by atoms with van der Waals surface area (Å²) in [7, 11) is 3.26. The van der Waals surface area contributed by atoms with Crippen LogP contribution in [-0.2, 0) is 11.3 Å². The van der Waals surface area contributed by atoms with Crippen molar-refractivity contribution in [1.82, 2.24) is 19.7 Å². The minimum Gasteiger partial charge on any atom is -0.497 e. The Balaban J connectivity index is 1.72. The van der Waals surface area contributed by atoms with Crippen LogP contribution in [0.4, 0.5) is 5.82 Å². The summed E-state index contributed by atoms with van der Waals surface area (Å²) in [5.41, 5.74) is 6.57. The number of hydrogen-bond acceptors (Lipinski definition) is 6. The molecule has 8 nitrogen and oxygen atoms in total. The summed E-state index contributed by atoms with van der Waals surface area (Å²) in [6.45, 7) is 8.32. The molecule has 0 bridgehead atoms. The number of aromatic nitrogens is 4. The van der Waals surface area contributed by atoms with Crippen molar-refractivity contribution in [3.05, 3.63) is 87.9 Å². The Morgan fingerprint density at radius 1 is 0.946 bits per heavy atom. The van der Waals surface area contributed by atoms with Crippen LogP contribution >= 0.6 is 0 Å². The van der Waals surface area contributed by atoms with E-state index in [0.29, 0.717) is 36.2 Å². The molecule has 190 valence electrons. The molecule has 2 aromatic heterocycles. The van der Waals surface area contributed by atoms with Crippen molar-refractivity contribution in [2.45, 2.75) is 46.6 Å². The van der Waals surface area contributed by atoms with E-state index in [-0.39, 0.29) is 11.8 Å². The second-order valence-electron chi connectivity index (χ2n) is 9.52. The Kier molecular flexibility index (Phi) is 6.41. The van der Waals surface area contributed by atoms with Crippen LogP contribution in [0.2, 0.25) is 0 Å². The normalized spacial score (nSPS) is 15.0. The van der Waals surface area contributed by atoms with Gasteiger partial charge in [0, 0.05) is 40.9 Å². The standard InChI is InChI=1S/C29H31N5O3/c1-17-8-7-9-21(12-17)16-33-26(35)15-24(23-11-10-22(36-5)14-25(23)37-6)27-20(4)32-34(28(27)33)29-30-18(2)13-19(3)31-29/h7-14,24H,15-16H2,1-6H3/t24-/m0/s1. The second-order valence-corrected chi connectivity index (χ2v) is 9.52. The fourth-order valence-electron chi connectivity index (χ4n) is 5.17. The van der Waals surface area contributed by atoms with Gasteiger partial charge in [0.05, 0.1) is 26.5 Å². The molecule has 37 heavy (non-hydrogen) atoms. The third kappa shape index (κ3) is 4.55. The summed E-state index contributed by atoms with van der Waals surface area (Å²) < 4.78 is 12.9. The highest BCUT2D eigenvalue weighted by Crippen LogP contribution is 2.46. The molecule has 1 amide bonds. The summed E-state index contributed by atoms with van der Waals surface area (Å²) in [6, 6.07) is 15.9. The van der Waals surface area contributed by atoms with E-state index < -0.39 is 0 Å². The maximum atomic E-state index is 13.9. The summed E-state index contributed by atoms with van der Waals surface area (Å²) in [4.78, 5) is 25.0. The van der Waals surface area contributed by atoms with Gasteiger partial charge in [0.2, 0.25) is 5.91 Å². The Bertz CT molecular complexity index is 1470. The first kappa shape index (κ1) is 24.5. The van der Waals surface area contributed by atoms with Crippen molar-refractivity contribution < 1.29 is 14.3 Å². The lowest BCUT2D eigenvalue weighted by Crippen LogP contribution is -2.38. The lowest BCUT2D eigenvalue weighted by molar-refractivity contribution is -0.119. The van der Waals surface area contributed by atoms with Gasteiger partial charge in [-0.3, -0.25) is 9.69 Å². The molecule has 0 aliphatic carbocycles. The molecule has 0 unspecified atom stereocenters. The summed E-state index contributed by atoms with van der Waals surface area (Å²) in [6.07, 6.45) is 0.293. The first-order valence-electron chi connectivity index (χ1n) is 12.3. The number of fused-ring (bicyclic) bond motifs is 1. The van der Waals surface area contributed by atoms with Gasteiger partial charge in [0.15, 0.2) is 0 Å². The highest BCUT2D eigenvalue weighted by Gasteiger charge is 2.39. The van der Waals surface area contributed by atoms with Gasteiger partial charge in [-0.1, -0.05) is 35.9 Å². The highest BCUT2D eigenvalue weighted by molar-refractivity contribution is 5.97. The van der Waals surface area contributed by atoms with Crippen LogP contribution in [0.25, 0.3) is 5.95 Å². The topological polar surface area (TPSA) is 82.4 Å². The molecule has 0 radical (unpaired) electrons. The molecule has 0 N–H and O–H groups in total. The largest absolute Gasteiger partial charge is 0.497 e. The van der Waals surface area contributed by atoms with Crippen LogP contribution in [-0.4, -0.2) is 39.9 Å². The third-order valence-electron chi connectivity index (χ3n) is 6.76. The Morgan fingerprint density at radius 3 is 2.38 bits per heavy atom. The number of nitrogens with zero attached hydrogens (tertiary/aromatic N) is 5. The van der Waals surface area contributed by atoms with E-state index in [2.05, 4.69) is 29.0 Å². The quantitative estimate of drug-likeness (QED) is 0.374. The summed E-state index contributed by atoms with van der Waals surface area (Å²) in [5.74, 6) is 2.28. The molecule has 8 heteroatoms. The minimum absolute atomic E-state index is 0.00222. The lowest BCUT2D eigenvalue weighted by atomic mass is 9.84. The van der Waals surface area contributed by atoms with Crippen LogP contribution < -0.4 is 14.4 Å². The molecule has 4 aromatic rings. The van der Waals surface area contributed by atoms with Gasteiger partial charge in [-0.25, -0.2) is 9.97 Å². The van der Waals surface area contributed by atoms with Crippen LogP contribution in [0.15, 0.2) is 48.5 Å². The zero-order valence-electron chi connectivity index (χ0n) is 22.1. The number of ether oxygens (including phenoxy) is 2. The molecular weight excluding hydrogens is 466 g/mol. The molecule has 0 saturated heterocycles. The number of benzene rings is 2.